The first kappa shape index (κ1) is 13.9. The van der Waals surface area contributed by atoms with E-state index in [0.29, 0.717) is 11.5 Å². The van der Waals surface area contributed by atoms with Gasteiger partial charge in [-0.3, -0.25) is 0 Å². The van der Waals surface area contributed by atoms with E-state index < -0.39 is 0 Å². The Morgan fingerprint density at radius 3 is 2.67 bits per heavy atom. The van der Waals surface area contributed by atoms with Crippen LogP contribution in [-0.4, -0.2) is 19.2 Å². The Morgan fingerprint density at radius 1 is 1.28 bits per heavy atom. The standard InChI is InChI=1S/C16H29NO/c1-3-12-17-15(14-9-5-8-13-18-14)16(2)10-6-4-7-11-16/h9,15,17H,3-8,10-13H2,1-2H3. The lowest BCUT2D eigenvalue weighted by Crippen LogP contribution is -2.47. The van der Waals surface area contributed by atoms with E-state index in [1.165, 1.54) is 57.1 Å². The molecule has 0 aromatic rings. The average Bonchev–Trinajstić information content (AvgIpc) is 2.41. The topological polar surface area (TPSA) is 21.3 Å². The molecule has 1 aliphatic carbocycles. The van der Waals surface area contributed by atoms with Crippen molar-refractivity contribution in [1.82, 2.24) is 5.32 Å². The van der Waals surface area contributed by atoms with Crippen LogP contribution in [0.4, 0.5) is 0 Å². The number of hydrogen-bond donors (Lipinski definition) is 1. The molecule has 2 aliphatic rings. The minimum Gasteiger partial charge on any atom is -0.497 e. The highest BCUT2D eigenvalue weighted by Crippen LogP contribution is 2.41. The summed E-state index contributed by atoms with van der Waals surface area (Å²) in [6, 6.07) is 0.443. The Kier molecular flexibility index (Phi) is 5.11. The van der Waals surface area contributed by atoms with Crippen LogP contribution in [-0.2, 0) is 4.74 Å². The van der Waals surface area contributed by atoms with Crippen LogP contribution in [0.3, 0.4) is 0 Å². The van der Waals surface area contributed by atoms with Crippen LogP contribution in [0.2, 0.25) is 0 Å². The van der Waals surface area contributed by atoms with E-state index in [1.807, 2.05) is 0 Å². The second kappa shape index (κ2) is 6.60. The fourth-order valence-corrected chi connectivity index (χ4v) is 3.41. The maximum Gasteiger partial charge on any atom is 0.109 e. The molecule has 2 nitrogen and oxygen atoms in total. The highest BCUT2D eigenvalue weighted by Gasteiger charge is 2.38. The molecule has 1 atom stereocenters. The minimum atomic E-state index is 0.399. The number of hydrogen-bond acceptors (Lipinski definition) is 2. The molecule has 0 saturated heterocycles. The van der Waals surface area contributed by atoms with Gasteiger partial charge in [0.05, 0.1) is 12.6 Å². The molecule has 0 bridgehead atoms. The summed E-state index contributed by atoms with van der Waals surface area (Å²) in [4.78, 5) is 0. The molecule has 1 unspecified atom stereocenters. The molecule has 1 aliphatic heterocycles. The summed E-state index contributed by atoms with van der Waals surface area (Å²) in [7, 11) is 0. The molecule has 1 fully saturated rings. The van der Waals surface area contributed by atoms with Crippen LogP contribution < -0.4 is 5.32 Å². The summed E-state index contributed by atoms with van der Waals surface area (Å²) in [5.74, 6) is 1.24. The first-order valence-electron chi connectivity index (χ1n) is 7.82. The van der Waals surface area contributed by atoms with E-state index in [1.54, 1.807) is 0 Å². The summed E-state index contributed by atoms with van der Waals surface area (Å²) in [6.07, 6.45) is 12.8. The van der Waals surface area contributed by atoms with Gasteiger partial charge in [-0.2, -0.15) is 0 Å². The van der Waals surface area contributed by atoms with E-state index in [9.17, 15) is 0 Å². The van der Waals surface area contributed by atoms with E-state index in [4.69, 9.17) is 4.74 Å². The van der Waals surface area contributed by atoms with Gasteiger partial charge in [0.2, 0.25) is 0 Å². The van der Waals surface area contributed by atoms with Gasteiger partial charge in [-0.05, 0) is 50.1 Å². The van der Waals surface area contributed by atoms with Crippen LogP contribution in [0.5, 0.6) is 0 Å². The van der Waals surface area contributed by atoms with Crippen molar-refractivity contribution in [3.8, 4) is 0 Å². The van der Waals surface area contributed by atoms with Crippen LogP contribution in [0.15, 0.2) is 11.8 Å². The zero-order chi connectivity index (χ0) is 12.8. The molecule has 1 N–H and O–H groups in total. The molecule has 0 spiro atoms. The number of allylic oxidation sites excluding steroid dienone is 1. The third-order valence-electron chi connectivity index (χ3n) is 4.54. The van der Waals surface area contributed by atoms with Gasteiger partial charge in [-0.25, -0.2) is 0 Å². The van der Waals surface area contributed by atoms with Crippen molar-refractivity contribution in [2.24, 2.45) is 5.41 Å². The minimum absolute atomic E-state index is 0.399. The second-order valence-corrected chi connectivity index (χ2v) is 6.20. The normalized spacial score (nSPS) is 25.1. The Morgan fingerprint density at radius 2 is 2.06 bits per heavy atom. The summed E-state index contributed by atoms with van der Waals surface area (Å²) in [6.45, 7) is 6.70. The van der Waals surface area contributed by atoms with Gasteiger partial charge in [-0.1, -0.05) is 33.1 Å². The maximum absolute atomic E-state index is 5.95. The van der Waals surface area contributed by atoms with Gasteiger partial charge < -0.3 is 10.1 Å². The van der Waals surface area contributed by atoms with Crippen LogP contribution >= 0.6 is 0 Å². The van der Waals surface area contributed by atoms with Crippen molar-refractivity contribution in [3.05, 3.63) is 11.8 Å². The summed E-state index contributed by atoms with van der Waals surface area (Å²) < 4.78 is 5.95. The lowest BCUT2D eigenvalue weighted by atomic mass is 9.69. The highest BCUT2D eigenvalue weighted by molar-refractivity contribution is 5.12. The fraction of sp³-hybridized carbons (Fsp3) is 0.875. The second-order valence-electron chi connectivity index (χ2n) is 6.20. The monoisotopic (exact) mass is 251 g/mol. The Labute approximate surface area is 112 Å². The summed E-state index contributed by atoms with van der Waals surface area (Å²) in [5, 5.41) is 3.76. The summed E-state index contributed by atoms with van der Waals surface area (Å²) in [5.41, 5.74) is 0.399. The van der Waals surface area contributed by atoms with Gasteiger partial charge in [0.1, 0.15) is 5.76 Å². The molecule has 0 amide bonds. The molecule has 0 radical (unpaired) electrons. The van der Waals surface area contributed by atoms with Crippen molar-refractivity contribution in [3.63, 3.8) is 0 Å². The van der Waals surface area contributed by atoms with Gasteiger partial charge in [0.25, 0.3) is 0 Å². The Hall–Kier alpha value is -0.500. The van der Waals surface area contributed by atoms with Crippen molar-refractivity contribution < 1.29 is 4.74 Å². The lowest BCUT2D eigenvalue weighted by molar-refractivity contribution is 0.0910. The van der Waals surface area contributed by atoms with Crippen molar-refractivity contribution in [1.29, 1.82) is 0 Å². The molecular formula is C16H29NO. The third kappa shape index (κ3) is 3.28. The average molecular weight is 251 g/mol. The smallest absolute Gasteiger partial charge is 0.109 e. The van der Waals surface area contributed by atoms with Crippen molar-refractivity contribution in [2.45, 2.75) is 71.3 Å². The van der Waals surface area contributed by atoms with Gasteiger partial charge in [0.15, 0.2) is 0 Å². The molecule has 0 aromatic carbocycles. The van der Waals surface area contributed by atoms with Crippen molar-refractivity contribution >= 4 is 0 Å². The van der Waals surface area contributed by atoms with Gasteiger partial charge in [0, 0.05) is 0 Å². The van der Waals surface area contributed by atoms with Crippen LogP contribution in [0.25, 0.3) is 0 Å². The van der Waals surface area contributed by atoms with E-state index in [2.05, 4.69) is 25.2 Å². The number of rotatable bonds is 5. The molecule has 18 heavy (non-hydrogen) atoms. The van der Waals surface area contributed by atoms with Gasteiger partial charge >= 0.3 is 0 Å². The predicted molar refractivity (Wildman–Crippen MR) is 76.5 cm³/mol. The Bertz CT molecular complexity index is 279. The Balaban J connectivity index is 2.09. The molecule has 1 saturated carbocycles. The van der Waals surface area contributed by atoms with E-state index in [-0.39, 0.29) is 0 Å². The third-order valence-corrected chi connectivity index (χ3v) is 4.54. The zero-order valence-electron chi connectivity index (χ0n) is 12.1. The molecular weight excluding hydrogens is 222 g/mol. The molecule has 2 heteroatoms. The number of ether oxygens (including phenoxy) is 1. The predicted octanol–water partition coefficient (Wildman–Crippen LogP) is 4.02. The maximum atomic E-state index is 5.95. The van der Waals surface area contributed by atoms with Gasteiger partial charge in [-0.15, -0.1) is 0 Å². The number of nitrogens with one attached hydrogen (secondary N) is 1. The summed E-state index contributed by atoms with van der Waals surface area (Å²) >= 11 is 0. The molecule has 2 rings (SSSR count). The first-order chi connectivity index (χ1) is 8.76. The quantitative estimate of drug-likeness (QED) is 0.797. The fourth-order valence-electron chi connectivity index (χ4n) is 3.41. The largest absolute Gasteiger partial charge is 0.497 e. The highest BCUT2D eigenvalue weighted by atomic mass is 16.5. The van der Waals surface area contributed by atoms with Crippen molar-refractivity contribution in [2.75, 3.05) is 13.2 Å². The van der Waals surface area contributed by atoms with Crippen LogP contribution in [0.1, 0.15) is 65.2 Å². The van der Waals surface area contributed by atoms with Crippen LogP contribution in [0, 0.1) is 5.41 Å². The SMILES string of the molecule is CCCNC(C1=CCCCO1)C1(C)CCCCC1. The first-order valence-corrected chi connectivity index (χ1v) is 7.82. The zero-order valence-corrected chi connectivity index (χ0v) is 12.1. The molecule has 1 heterocycles. The molecule has 104 valence electrons. The molecule has 0 aromatic heterocycles. The van der Waals surface area contributed by atoms with E-state index in [0.717, 1.165) is 13.2 Å². The van der Waals surface area contributed by atoms with E-state index >= 15 is 0 Å². The lowest BCUT2D eigenvalue weighted by Gasteiger charge is -2.42.